The van der Waals surface area contributed by atoms with Crippen molar-refractivity contribution in [3.05, 3.63) is 29.3 Å². The molecule has 0 bridgehead atoms. The van der Waals surface area contributed by atoms with Crippen LogP contribution >= 0.6 is 0 Å². The molecule has 0 amide bonds. The van der Waals surface area contributed by atoms with Gasteiger partial charge in [0.05, 0.1) is 6.10 Å². The van der Waals surface area contributed by atoms with E-state index in [1.54, 1.807) is 0 Å². The molecule has 1 saturated carbocycles. The smallest absolute Gasteiger partial charge is 0.127 e. The Hall–Kier alpha value is -1.06. The Kier molecular flexibility index (Phi) is 3.74. The van der Waals surface area contributed by atoms with Crippen molar-refractivity contribution in [2.75, 3.05) is 0 Å². The summed E-state index contributed by atoms with van der Waals surface area (Å²) in [4.78, 5) is 0. The van der Waals surface area contributed by atoms with Crippen LogP contribution in [0.2, 0.25) is 0 Å². The summed E-state index contributed by atoms with van der Waals surface area (Å²) in [6, 6.07) is 6.87. The largest absolute Gasteiger partial charge is 0.487 e. The third-order valence-corrected chi connectivity index (χ3v) is 4.40. The number of aliphatic hydroxyl groups is 1. The third kappa shape index (κ3) is 2.99. The van der Waals surface area contributed by atoms with Crippen molar-refractivity contribution in [3.63, 3.8) is 0 Å². The van der Waals surface area contributed by atoms with E-state index in [0.717, 1.165) is 38.0 Å². The molecule has 0 radical (unpaired) electrons. The predicted octanol–water partition coefficient (Wildman–Crippen LogP) is 2.79. The minimum Gasteiger partial charge on any atom is -0.487 e. The van der Waals surface area contributed by atoms with Crippen LogP contribution < -0.4 is 10.1 Å². The van der Waals surface area contributed by atoms with Crippen molar-refractivity contribution in [3.8, 4) is 5.75 Å². The van der Waals surface area contributed by atoms with E-state index in [1.807, 2.05) is 0 Å². The van der Waals surface area contributed by atoms with Crippen molar-refractivity contribution in [1.82, 2.24) is 5.32 Å². The molecule has 1 aliphatic carbocycles. The van der Waals surface area contributed by atoms with E-state index in [9.17, 15) is 5.11 Å². The molecule has 1 fully saturated rings. The predicted molar refractivity (Wildman–Crippen MR) is 80.0 cm³/mol. The zero-order chi connectivity index (χ0) is 14.2. The summed E-state index contributed by atoms with van der Waals surface area (Å²) in [5, 5.41) is 13.3. The fraction of sp³-hybridized carbons (Fsp3) is 0.647. The van der Waals surface area contributed by atoms with Crippen LogP contribution in [-0.4, -0.2) is 22.9 Å². The first-order chi connectivity index (χ1) is 9.53. The number of benzene rings is 1. The van der Waals surface area contributed by atoms with Crippen LogP contribution in [0.3, 0.4) is 0 Å². The van der Waals surface area contributed by atoms with E-state index in [4.69, 9.17) is 4.74 Å². The Morgan fingerprint density at radius 1 is 1.35 bits per heavy atom. The first kappa shape index (κ1) is 13.9. The zero-order valence-electron chi connectivity index (χ0n) is 12.5. The van der Waals surface area contributed by atoms with Crippen molar-refractivity contribution in [2.45, 2.75) is 70.2 Å². The van der Waals surface area contributed by atoms with E-state index < -0.39 is 0 Å². The number of aliphatic hydroxyl groups excluding tert-OH is 1. The van der Waals surface area contributed by atoms with Crippen LogP contribution in [0.1, 0.15) is 50.7 Å². The molecule has 1 aromatic carbocycles. The van der Waals surface area contributed by atoms with Crippen molar-refractivity contribution < 1.29 is 9.84 Å². The molecule has 3 heteroatoms. The molecule has 20 heavy (non-hydrogen) atoms. The molecule has 2 aliphatic rings. The summed E-state index contributed by atoms with van der Waals surface area (Å²) in [7, 11) is 0. The van der Waals surface area contributed by atoms with E-state index in [0.29, 0.717) is 6.04 Å². The number of ether oxygens (including phenoxy) is 1. The van der Waals surface area contributed by atoms with Gasteiger partial charge in [0, 0.05) is 24.6 Å². The molecule has 110 valence electrons. The second-order valence-corrected chi connectivity index (χ2v) is 6.84. The maximum Gasteiger partial charge on any atom is 0.127 e. The molecule has 0 saturated heterocycles. The Balaban J connectivity index is 1.66. The fourth-order valence-electron chi connectivity index (χ4n) is 3.42. The molecular formula is C17H25NO2. The second kappa shape index (κ2) is 5.38. The zero-order valence-corrected chi connectivity index (χ0v) is 12.5. The Labute approximate surface area is 121 Å². The topological polar surface area (TPSA) is 41.5 Å². The lowest BCUT2D eigenvalue weighted by Crippen LogP contribution is -2.35. The summed E-state index contributed by atoms with van der Waals surface area (Å²) in [5.74, 6) is 1.07. The number of nitrogens with one attached hydrogen (secondary N) is 1. The molecule has 2 N–H and O–H groups in total. The number of hydrogen-bond donors (Lipinski definition) is 2. The molecule has 1 aromatic rings. The number of rotatable bonds is 3. The highest BCUT2D eigenvalue weighted by Gasteiger charge is 2.31. The summed E-state index contributed by atoms with van der Waals surface area (Å²) < 4.78 is 6.10. The van der Waals surface area contributed by atoms with Gasteiger partial charge in [-0.05, 0) is 45.1 Å². The van der Waals surface area contributed by atoms with Gasteiger partial charge in [0.2, 0.25) is 0 Å². The Morgan fingerprint density at radius 3 is 3.00 bits per heavy atom. The molecule has 1 aliphatic heterocycles. The van der Waals surface area contributed by atoms with Gasteiger partial charge >= 0.3 is 0 Å². The minimum atomic E-state index is -0.127. The van der Waals surface area contributed by atoms with Crippen molar-refractivity contribution >= 4 is 0 Å². The van der Waals surface area contributed by atoms with Crippen molar-refractivity contribution in [1.29, 1.82) is 0 Å². The lowest BCUT2D eigenvalue weighted by Gasteiger charge is -2.27. The average Bonchev–Trinajstić information content (AvgIpc) is 2.71. The van der Waals surface area contributed by atoms with Gasteiger partial charge in [-0.15, -0.1) is 0 Å². The van der Waals surface area contributed by atoms with Gasteiger partial charge in [0.15, 0.2) is 0 Å². The molecule has 2 atom stereocenters. The highest BCUT2D eigenvalue weighted by Crippen LogP contribution is 2.37. The second-order valence-electron chi connectivity index (χ2n) is 6.84. The van der Waals surface area contributed by atoms with Gasteiger partial charge in [0.25, 0.3) is 0 Å². The Morgan fingerprint density at radius 2 is 2.20 bits per heavy atom. The molecule has 3 nitrogen and oxygen atoms in total. The van der Waals surface area contributed by atoms with E-state index >= 15 is 0 Å². The molecular weight excluding hydrogens is 250 g/mol. The van der Waals surface area contributed by atoms with E-state index in [-0.39, 0.29) is 11.7 Å². The highest BCUT2D eigenvalue weighted by molar-refractivity contribution is 5.45. The first-order valence-corrected chi connectivity index (χ1v) is 7.75. The SMILES string of the molecule is CC1(C)Cc2cccc(CNC3CCCC(O)C3)c2O1. The number of fused-ring (bicyclic) bond motifs is 1. The maximum atomic E-state index is 9.74. The molecule has 0 spiro atoms. The van der Waals surface area contributed by atoms with Crippen LogP contribution in [0, 0.1) is 0 Å². The van der Waals surface area contributed by atoms with E-state index in [1.165, 1.54) is 17.5 Å². The monoisotopic (exact) mass is 275 g/mol. The third-order valence-electron chi connectivity index (χ3n) is 4.40. The summed E-state index contributed by atoms with van der Waals surface area (Å²) in [6.07, 6.45) is 4.97. The van der Waals surface area contributed by atoms with Gasteiger partial charge in [-0.3, -0.25) is 0 Å². The van der Waals surface area contributed by atoms with Crippen LogP contribution in [-0.2, 0) is 13.0 Å². The molecule has 1 heterocycles. The quantitative estimate of drug-likeness (QED) is 0.891. The standard InChI is InChI=1S/C17H25NO2/c1-17(2)10-12-5-3-6-13(16(12)20-17)11-18-14-7-4-8-15(19)9-14/h3,5-6,14-15,18-19H,4,7-11H2,1-2H3. The minimum absolute atomic E-state index is 0.0839. The van der Waals surface area contributed by atoms with Crippen LogP contribution in [0.4, 0.5) is 0 Å². The average molecular weight is 275 g/mol. The lowest BCUT2D eigenvalue weighted by atomic mass is 9.93. The van der Waals surface area contributed by atoms with Crippen molar-refractivity contribution in [2.24, 2.45) is 0 Å². The fourth-order valence-corrected chi connectivity index (χ4v) is 3.42. The van der Waals surface area contributed by atoms with Gasteiger partial charge < -0.3 is 15.2 Å². The lowest BCUT2D eigenvalue weighted by molar-refractivity contribution is 0.111. The first-order valence-electron chi connectivity index (χ1n) is 7.75. The van der Waals surface area contributed by atoms with Crippen LogP contribution in [0.5, 0.6) is 5.75 Å². The van der Waals surface area contributed by atoms with Crippen LogP contribution in [0.15, 0.2) is 18.2 Å². The van der Waals surface area contributed by atoms with E-state index in [2.05, 4.69) is 37.4 Å². The molecule has 2 unspecified atom stereocenters. The van der Waals surface area contributed by atoms with Gasteiger partial charge in [-0.2, -0.15) is 0 Å². The van der Waals surface area contributed by atoms with Gasteiger partial charge in [0.1, 0.15) is 11.4 Å². The maximum absolute atomic E-state index is 9.74. The summed E-state index contributed by atoms with van der Waals surface area (Å²) in [6.45, 7) is 5.11. The summed E-state index contributed by atoms with van der Waals surface area (Å²) >= 11 is 0. The normalized spacial score (nSPS) is 27.9. The van der Waals surface area contributed by atoms with Crippen LogP contribution in [0.25, 0.3) is 0 Å². The van der Waals surface area contributed by atoms with Gasteiger partial charge in [-0.25, -0.2) is 0 Å². The molecule has 0 aromatic heterocycles. The number of para-hydroxylation sites is 1. The summed E-state index contributed by atoms with van der Waals surface area (Å²) in [5.41, 5.74) is 2.48. The molecule has 3 rings (SSSR count). The Bertz CT molecular complexity index is 484. The highest BCUT2D eigenvalue weighted by atomic mass is 16.5. The van der Waals surface area contributed by atoms with Gasteiger partial charge in [-0.1, -0.05) is 18.2 Å². The number of hydrogen-bond acceptors (Lipinski definition) is 3.